The second-order valence-corrected chi connectivity index (χ2v) is 5.86. The highest BCUT2D eigenvalue weighted by Crippen LogP contribution is 2.31. The number of nitrogens with zero attached hydrogens (tertiary/aromatic N) is 1. The summed E-state index contributed by atoms with van der Waals surface area (Å²) in [7, 11) is 1.64. The molecule has 1 fully saturated rings. The number of halogens is 3. The minimum atomic E-state index is -0.0726. The molecule has 0 spiro atoms. The van der Waals surface area contributed by atoms with Crippen LogP contribution in [0, 0.1) is 0 Å². The van der Waals surface area contributed by atoms with E-state index in [4.69, 9.17) is 16.3 Å². The Morgan fingerprint density at radius 3 is 2.62 bits per heavy atom. The van der Waals surface area contributed by atoms with Crippen molar-refractivity contribution in [2.24, 2.45) is 0 Å². The topological polar surface area (TPSA) is 53.6 Å². The van der Waals surface area contributed by atoms with Crippen LogP contribution in [0.15, 0.2) is 18.2 Å². The van der Waals surface area contributed by atoms with Crippen LogP contribution in [-0.4, -0.2) is 45.8 Å². The number of nitrogens with one attached hydrogen (secondary N) is 2. The van der Waals surface area contributed by atoms with Crippen molar-refractivity contribution in [1.29, 1.82) is 0 Å². The fourth-order valence-corrected chi connectivity index (χ4v) is 2.76. The van der Waals surface area contributed by atoms with Crippen LogP contribution in [0.5, 0.6) is 0 Å². The van der Waals surface area contributed by atoms with E-state index in [0.29, 0.717) is 18.2 Å². The summed E-state index contributed by atoms with van der Waals surface area (Å²) >= 11 is 6.08. The number of anilines is 2. The Labute approximate surface area is 161 Å². The van der Waals surface area contributed by atoms with Gasteiger partial charge < -0.3 is 20.3 Å². The highest BCUT2D eigenvalue weighted by molar-refractivity contribution is 6.31. The quantitative estimate of drug-likeness (QED) is 0.692. The summed E-state index contributed by atoms with van der Waals surface area (Å²) in [4.78, 5) is 14.4. The molecule has 0 aliphatic carbocycles. The fraction of sp³-hybridized carbons (Fsp3) is 0.562. The molecule has 0 aromatic heterocycles. The maximum absolute atomic E-state index is 12.0. The number of hydrogen-bond acceptors (Lipinski definition) is 4. The number of carbonyl (C=O) groups is 1. The molecule has 0 bridgehead atoms. The van der Waals surface area contributed by atoms with E-state index in [9.17, 15) is 4.79 Å². The van der Waals surface area contributed by atoms with Crippen LogP contribution in [0.3, 0.4) is 0 Å². The third-order valence-corrected chi connectivity index (χ3v) is 3.93. The second-order valence-electron chi connectivity index (χ2n) is 5.43. The van der Waals surface area contributed by atoms with E-state index >= 15 is 0 Å². The molecule has 24 heavy (non-hydrogen) atoms. The molecule has 1 aliphatic heterocycles. The summed E-state index contributed by atoms with van der Waals surface area (Å²) < 4.78 is 4.94. The van der Waals surface area contributed by atoms with Crippen molar-refractivity contribution in [3.05, 3.63) is 23.2 Å². The molecule has 1 amide bonds. The Balaban J connectivity index is 0.00000264. The lowest BCUT2D eigenvalue weighted by molar-refractivity contribution is -0.115. The van der Waals surface area contributed by atoms with Gasteiger partial charge in [-0.25, -0.2) is 0 Å². The standard InChI is InChI=1S/C16H24ClN3O2.2ClH/c1-22-10-7-18-12-16(21)19-14-11-13(17)5-6-15(14)20-8-3-2-4-9-20;;/h5-6,11,18H,2-4,7-10,12H2,1H3,(H,19,21);2*1H. The van der Waals surface area contributed by atoms with Gasteiger partial charge in [0.1, 0.15) is 0 Å². The van der Waals surface area contributed by atoms with Crippen LogP contribution in [0.25, 0.3) is 0 Å². The monoisotopic (exact) mass is 397 g/mol. The molecular formula is C16H26Cl3N3O2. The first-order valence-corrected chi connectivity index (χ1v) is 8.12. The van der Waals surface area contributed by atoms with Crippen molar-refractivity contribution in [1.82, 2.24) is 5.32 Å². The van der Waals surface area contributed by atoms with Gasteiger partial charge in [-0.15, -0.1) is 24.8 Å². The van der Waals surface area contributed by atoms with Crippen molar-refractivity contribution < 1.29 is 9.53 Å². The Morgan fingerprint density at radius 1 is 1.25 bits per heavy atom. The van der Waals surface area contributed by atoms with E-state index in [0.717, 1.165) is 24.5 Å². The zero-order chi connectivity index (χ0) is 15.8. The Morgan fingerprint density at radius 2 is 1.96 bits per heavy atom. The van der Waals surface area contributed by atoms with E-state index in [1.165, 1.54) is 19.3 Å². The van der Waals surface area contributed by atoms with Crippen molar-refractivity contribution in [2.75, 3.05) is 50.1 Å². The fourth-order valence-electron chi connectivity index (χ4n) is 2.59. The number of hydrogen-bond donors (Lipinski definition) is 2. The highest BCUT2D eigenvalue weighted by Gasteiger charge is 2.16. The number of benzene rings is 1. The van der Waals surface area contributed by atoms with Crippen LogP contribution in [0.4, 0.5) is 11.4 Å². The molecule has 0 saturated carbocycles. The van der Waals surface area contributed by atoms with Gasteiger partial charge in [-0.05, 0) is 37.5 Å². The largest absolute Gasteiger partial charge is 0.383 e. The molecule has 1 aromatic rings. The maximum Gasteiger partial charge on any atom is 0.238 e. The third kappa shape index (κ3) is 7.45. The minimum absolute atomic E-state index is 0. The first-order chi connectivity index (χ1) is 10.7. The second kappa shape index (κ2) is 12.6. The summed E-state index contributed by atoms with van der Waals surface area (Å²) in [5.41, 5.74) is 1.84. The molecule has 1 aromatic carbocycles. The zero-order valence-corrected chi connectivity index (χ0v) is 16.2. The number of methoxy groups -OCH3 is 1. The van der Waals surface area contributed by atoms with Gasteiger partial charge in [0, 0.05) is 31.8 Å². The third-order valence-electron chi connectivity index (χ3n) is 3.70. The van der Waals surface area contributed by atoms with Crippen LogP contribution in [0.1, 0.15) is 19.3 Å². The molecule has 0 unspecified atom stereocenters. The predicted octanol–water partition coefficient (Wildman–Crippen LogP) is 3.35. The van der Waals surface area contributed by atoms with Gasteiger partial charge in [0.2, 0.25) is 5.91 Å². The number of piperidine rings is 1. The van der Waals surface area contributed by atoms with Gasteiger partial charge in [0.05, 0.1) is 24.5 Å². The van der Waals surface area contributed by atoms with E-state index in [1.807, 2.05) is 18.2 Å². The van der Waals surface area contributed by atoms with Gasteiger partial charge in [-0.2, -0.15) is 0 Å². The van der Waals surface area contributed by atoms with Crippen LogP contribution in [0.2, 0.25) is 5.02 Å². The lowest BCUT2D eigenvalue weighted by atomic mass is 10.1. The molecule has 1 heterocycles. The SMILES string of the molecule is COCCNCC(=O)Nc1cc(Cl)ccc1N1CCCCC1.Cl.Cl. The molecule has 2 rings (SSSR count). The van der Waals surface area contributed by atoms with E-state index in [-0.39, 0.29) is 37.3 Å². The first-order valence-electron chi connectivity index (χ1n) is 7.74. The molecule has 2 N–H and O–H groups in total. The summed E-state index contributed by atoms with van der Waals surface area (Å²) in [5.74, 6) is -0.0726. The molecule has 1 saturated heterocycles. The van der Waals surface area contributed by atoms with E-state index in [1.54, 1.807) is 7.11 Å². The zero-order valence-electron chi connectivity index (χ0n) is 13.8. The summed E-state index contributed by atoms with van der Waals surface area (Å²) in [6.45, 7) is 3.55. The van der Waals surface area contributed by atoms with Crippen molar-refractivity contribution in [3.8, 4) is 0 Å². The molecule has 0 radical (unpaired) electrons. The van der Waals surface area contributed by atoms with Gasteiger partial charge in [-0.3, -0.25) is 4.79 Å². The van der Waals surface area contributed by atoms with E-state index in [2.05, 4.69) is 15.5 Å². The molecule has 1 aliphatic rings. The summed E-state index contributed by atoms with van der Waals surface area (Å²) in [6, 6.07) is 5.68. The Hall–Kier alpha value is -0.720. The normalized spacial score (nSPS) is 13.7. The minimum Gasteiger partial charge on any atom is -0.383 e. The lowest BCUT2D eigenvalue weighted by Gasteiger charge is -2.30. The Bertz CT molecular complexity index is 497. The van der Waals surface area contributed by atoms with Crippen LogP contribution >= 0.6 is 36.4 Å². The first kappa shape index (κ1) is 23.3. The maximum atomic E-state index is 12.0. The number of ether oxygens (including phenoxy) is 1. The smallest absolute Gasteiger partial charge is 0.238 e. The molecule has 5 nitrogen and oxygen atoms in total. The molecule has 138 valence electrons. The highest BCUT2D eigenvalue weighted by atomic mass is 35.5. The number of rotatable bonds is 7. The van der Waals surface area contributed by atoms with Gasteiger partial charge in [-0.1, -0.05) is 11.6 Å². The number of amides is 1. The van der Waals surface area contributed by atoms with Crippen molar-refractivity contribution in [3.63, 3.8) is 0 Å². The van der Waals surface area contributed by atoms with E-state index < -0.39 is 0 Å². The summed E-state index contributed by atoms with van der Waals surface area (Å²) in [6.07, 6.45) is 3.65. The summed E-state index contributed by atoms with van der Waals surface area (Å²) in [5, 5.41) is 6.62. The van der Waals surface area contributed by atoms with Crippen molar-refractivity contribution in [2.45, 2.75) is 19.3 Å². The van der Waals surface area contributed by atoms with Crippen LogP contribution < -0.4 is 15.5 Å². The average Bonchev–Trinajstić information content (AvgIpc) is 2.53. The molecule has 0 atom stereocenters. The Kier molecular flexibility index (Phi) is 12.2. The number of carbonyl (C=O) groups excluding carboxylic acids is 1. The predicted molar refractivity (Wildman–Crippen MR) is 105 cm³/mol. The van der Waals surface area contributed by atoms with Gasteiger partial charge in [0.15, 0.2) is 0 Å². The van der Waals surface area contributed by atoms with Gasteiger partial charge in [0.25, 0.3) is 0 Å². The van der Waals surface area contributed by atoms with Crippen LogP contribution in [-0.2, 0) is 9.53 Å². The molecular weight excluding hydrogens is 373 g/mol. The van der Waals surface area contributed by atoms with Crippen molar-refractivity contribution >= 4 is 53.7 Å². The van der Waals surface area contributed by atoms with Gasteiger partial charge >= 0.3 is 0 Å². The molecule has 8 heteroatoms. The average molecular weight is 399 g/mol. The lowest BCUT2D eigenvalue weighted by Crippen LogP contribution is -2.33.